The van der Waals surface area contributed by atoms with Crippen molar-refractivity contribution >= 4 is 17.2 Å². The number of ether oxygens (including phenoxy) is 1. The van der Waals surface area contributed by atoms with Gasteiger partial charge in [0.25, 0.3) is 0 Å². The lowest BCUT2D eigenvalue weighted by Crippen LogP contribution is -2.37. The Morgan fingerprint density at radius 1 is 1.24 bits per heavy atom. The molecule has 0 bridgehead atoms. The third-order valence-corrected chi connectivity index (χ3v) is 4.84. The molecule has 2 aromatic rings. The van der Waals surface area contributed by atoms with Gasteiger partial charge in [0.05, 0.1) is 12.6 Å². The molecule has 2 atom stereocenters. The molecule has 0 aliphatic rings. The van der Waals surface area contributed by atoms with Crippen LogP contribution in [0.4, 0.5) is 0 Å². The van der Waals surface area contributed by atoms with E-state index < -0.39 is 6.10 Å². The zero-order valence-electron chi connectivity index (χ0n) is 15.2. The number of rotatable bonds is 9. The Morgan fingerprint density at radius 3 is 2.52 bits per heavy atom. The highest BCUT2D eigenvalue weighted by molar-refractivity contribution is 7.10. The van der Waals surface area contributed by atoms with E-state index in [9.17, 15) is 4.79 Å². The number of benzene rings is 1. The Labute approximate surface area is 154 Å². The molecule has 1 amide bonds. The lowest BCUT2D eigenvalue weighted by atomic mass is 9.98. The predicted molar refractivity (Wildman–Crippen MR) is 105 cm³/mol. The van der Waals surface area contributed by atoms with Crippen molar-refractivity contribution in [3.05, 3.63) is 70.4 Å². The summed E-state index contributed by atoms with van der Waals surface area (Å²) in [6, 6.07) is 12.4. The van der Waals surface area contributed by atoms with E-state index in [1.165, 1.54) is 5.56 Å². The van der Waals surface area contributed by atoms with Gasteiger partial charge in [-0.2, -0.15) is 0 Å². The zero-order valence-corrected chi connectivity index (χ0v) is 16.0. The fourth-order valence-corrected chi connectivity index (χ4v) is 3.44. The largest absolute Gasteiger partial charge is 0.365 e. The zero-order chi connectivity index (χ0) is 18.2. The van der Waals surface area contributed by atoms with Crippen molar-refractivity contribution in [2.24, 2.45) is 5.92 Å². The Balaban J connectivity index is 2.16. The first-order valence-electron chi connectivity index (χ1n) is 8.66. The van der Waals surface area contributed by atoms with Crippen LogP contribution in [0.2, 0.25) is 0 Å². The number of amides is 1. The van der Waals surface area contributed by atoms with Crippen molar-refractivity contribution in [2.75, 3.05) is 6.61 Å². The first-order chi connectivity index (χ1) is 12.0. The van der Waals surface area contributed by atoms with Crippen LogP contribution >= 0.6 is 11.3 Å². The molecule has 1 aromatic carbocycles. The Hall–Kier alpha value is -1.91. The van der Waals surface area contributed by atoms with Gasteiger partial charge in [0, 0.05) is 4.88 Å². The maximum atomic E-state index is 12.5. The van der Waals surface area contributed by atoms with E-state index in [2.05, 4.69) is 50.0 Å². The first-order valence-corrected chi connectivity index (χ1v) is 9.54. The molecule has 2 unspecified atom stereocenters. The van der Waals surface area contributed by atoms with Crippen LogP contribution in [0.5, 0.6) is 0 Å². The van der Waals surface area contributed by atoms with Gasteiger partial charge in [-0.1, -0.05) is 50.3 Å². The Kier molecular flexibility index (Phi) is 7.41. The molecular weight excluding hydrogens is 330 g/mol. The number of nitrogens with one attached hydrogen (secondary N) is 1. The van der Waals surface area contributed by atoms with Crippen molar-refractivity contribution in [3.63, 3.8) is 0 Å². The van der Waals surface area contributed by atoms with Crippen molar-refractivity contribution in [3.8, 4) is 0 Å². The minimum Gasteiger partial charge on any atom is -0.365 e. The van der Waals surface area contributed by atoms with Gasteiger partial charge in [0.1, 0.15) is 6.10 Å². The number of hydrogen-bond donors (Lipinski definition) is 1. The van der Waals surface area contributed by atoms with Crippen LogP contribution in [0, 0.1) is 5.92 Å². The van der Waals surface area contributed by atoms with Crippen molar-refractivity contribution < 1.29 is 9.53 Å². The molecule has 1 aromatic heterocycles. The molecule has 0 saturated heterocycles. The molecule has 25 heavy (non-hydrogen) atoms. The van der Waals surface area contributed by atoms with Crippen LogP contribution in [0.25, 0.3) is 0 Å². The molecule has 1 heterocycles. The lowest BCUT2D eigenvalue weighted by molar-refractivity contribution is -0.131. The van der Waals surface area contributed by atoms with Gasteiger partial charge in [-0.05, 0) is 41.8 Å². The normalized spacial score (nSPS) is 13.4. The van der Waals surface area contributed by atoms with Crippen LogP contribution in [-0.4, -0.2) is 18.6 Å². The van der Waals surface area contributed by atoms with Gasteiger partial charge >= 0.3 is 0 Å². The van der Waals surface area contributed by atoms with Gasteiger partial charge in [-0.25, -0.2) is 0 Å². The maximum Gasteiger partial charge on any atom is 0.249 e. The van der Waals surface area contributed by atoms with E-state index in [-0.39, 0.29) is 11.9 Å². The third kappa shape index (κ3) is 5.83. The summed E-state index contributed by atoms with van der Waals surface area (Å²) in [5, 5.41) is 5.14. The standard InChI is InChI=1S/C21H27NO2S/c1-5-12-24-16(4)21(23)22-20(19-7-6-13-25-19)18-10-8-17(9-11-18)14-15(2)3/h5-11,13,15-16,20H,1,12,14H2,2-4H3,(H,22,23). The fourth-order valence-electron chi connectivity index (χ4n) is 2.64. The van der Waals surface area contributed by atoms with Gasteiger partial charge in [0.2, 0.25) is 5.91 Å². The monoisotopic (exact) mass is 357 g/mol. The summed E-state index contributed by atoms with van der Waals surface area (Å²) in [6.45, 7) is 10.2. The maximum absolute atomic E-state index is 12.5. The molecule has 0 radical (unpaired) electrons. The summed E-state index contributed by atoms with van der Waals surface area (Å²) < 4.78 is 5.44. The van der Waals surface area contributed by atoms with E-state index in [4.69, 9.17) is 4.74 Å². The van der Waals surface area contributed by atoms with Crippen LogP contribution in [0.15, 0.2) is 54.4 Å². The minimum atomic E-state index is -0.513. The smallest absolute Gasteiger partial charge is 0.249 e. The molecule has 1 N–H and O–H groups in total. The number of carbonyl (C=O) groups is 1. The minimum absolute atomic E-state index is 0.119. The summed E-state index contributed by atoms with van der Waals surface area (Å²) >= 11 is 1.64. The van der Waals surface area contributed by atoms with E-state index >= 15 is 0 Å². The van der Waals surface area contributed by atoms with Crippen molar-refractivity contribution in [1.82, 2.24) is 5.32 Å². The SMILES string of the molecule is C=CCOC(C)C(=O)NC(c1ccc(CC(C)C)cc1)c1cccs1. The second-order valence-corrected chi connectivity index (χ2v) is 7.54. The Morgan fingerprint density at radius 2 is 1.96 bits per heavy atom. The molecule has 0 fully saturated rings. The number of carbonyl (C=O) groups excluding carboxylic acids is 1. The van der Waals surface area contributed by atoms with Gasteiger partial charge in [-0.15, -0.1) is 17.9 Å². The molecule has 3 nitrogen and oxygen atoms in total. The first kappa shape index (κ1) is 19.4. The van der Waals surface area contributed by atoms with Crippen LogP contribution in [-0.2, 0) is 16.0 Å². The second-order valence-electron chi connectivity index (χ2n) is 6.56. The summed E-state index contributed by atoms with van der Waals surface area (Å²) in [7, 11) is 0. The third-order valence-electron chi connectivity index (χ3n) is 3.90. The van der Waals surface area contributed by atoms with E-state index in [0.29, 0.717) is 12.5 Å². The summed E-state index contributed by atoms with van der Waals surface area (Å²) in [5.74, 6) is 0.507. The quantitative estimate of drug-likeness (QED) is 0.658. The fraction of sp³-hybridized carbons (Fsp3) is 0.381. The summed E-state index contributed by atoms with van der Waals surface area (Å²) in [4.78, 5) is 13.6. The van der Waals surface area contributed by atoms with Gasteiger partial charge in [0.15, 0.2) is 0 Å². The van der Waals surface area contributed by atoms with E-state index in [1.54, 1.807) is 24.3 Å². The topological polar surface area (TPSA) is 38.3 Å². The van der Waals surface area contributed by atoms with Gasteiger partial charge < -0.3 is 10.1 Å². The second kappa shape index (κ2) is 9.54. The molecule has 134 valence electrons. The highest BCUT2D eigenvalue weighted by Gasteiger charge is 2.21. The molecular formula is C21H27NO2S. The molecule has 0 saturated carbocycles. The highest BCUT2D eigenvalue weighted by Crippen LogP contribution is 2.27. The van der Waals surface area contributed by atoms with Crippen LogP contribution in [0.3, 0.4) is 0 Å². The predicted octanol–water partition coefficient (Wildman–Crippen LogP) is 4.74. The van der Waals surface area contributed by atoms with E-state index in [0.717, 1.165) is 16.9 Å². The Bertz CT molecular complexity index is 662. The highest BCUT2D eigenvalue weighted by atomic mass is 32.1. The van der Waals surface area contributed by atoms with Crippen LogP contribution < -0.4 is 5.32 Å². The van der Waals surface area contributed by atoms with Crippen molar-refractivity contribution in [2.45, 2.75) is 39.3 Å². The van der Waals surface area contributed by atoms with Gasteiger partial charge in [-0.3, -0.25) is 4.79 Å². The van der Waals surface area contributed by atoms with E-state index in [1.807, 2.05) is 17.5 Å². The molecule has 0 aliphatic heterocycles. The average Bonchev–Trinajstić information content (AvgIpc) is 3.12. The number of hydrogen-bond acceptors (Lipinski definition) is 3. The molecule has 0 aliphatic carbocycles. The lowest BCUT2D eigenvalue weighted by Gasteiger charge is -2.21. The number of thiophene rings is 1. The van der Waals surface area contributed by atoms with Crippen molar-refractivity contribution in [1.29, 1.82) is 0 Å². The summed E-state index contributed by atoms with van der Waals surface area (Å²) in [5.41, 5.74) is 2.40. The summed E-state index contributed by atoms with van der Waals surface area (Å²) in [6.07, 6.45) is 2.19. The molecule has 4 heteroatoms. The van der Waals surface area contributed by atoms with Crippen LogP contribution in [0.1, 0.15) is 42.8 Å². The molecule has 2 rings (SSSR count). The molecule has 0 spiro atoms. The average molecular weight is 358 g/mol.